The molecule has 0 bridgehead atoms. The number of hydrogen-bond donors (Lipinski definition) is 3. The van der Waals surface area contributed by atoms with Crippen molar-refractivity contribution in [3.63, 3.8) is 0 Å². The highest BCUT2D eigenvalue weighted by molar-refractivity contribution is 5.95. The number of aromatic nitrogens is 1. The number of rotatable bonds is 2. The molecule has 1 aliphatic carbocycles. The lowest BCUT2D eigenvalue weighted by Crippen LogP contribution is -2.61. The van der Waals surface area contributed by atoms with E-state index in [0.29, 0.717) is 17.3 Å². The molecule has 2 atom stereocenters. The second-order valence-electron chi connectivity index (χ2n) is 6.19. The number of pyridine rings is 1. The third-order valence-corrected chi connectivity index (χ3v) is 4.50. The number of H-pyrrole nitrogens is 1. The average molecular weight is 286 g/mol. The Morgan fingerprint density at radius 2 is 2.10 bits per heavy atom. The minimum Gasteiger partial charge on any atom is -0.392 e. The van der Waals surface area contributed by atoms with Crippen molar-refractivity contribution in [1.29, 1.82) is 0 Å². The smallest absolute Gasteiger partial charge is 0.268 e. The van der Waals surface area contributed by atoms with Crippen LogP contribution in [-0.2, 0) is 0 Å². The van der Waals surface area contributed by atoms with Crippen LogP contribution in [-0.4, -0.2) is 28.1 Å². The molecule has 3 rings (SSSR count). The molecule has 2 aromatic rings. The Hall–Kier alpha value is -2.14. The van der Waals surface area contributed by atoms with Crippen molar-refractivity contribution >= 4 is 16.8 Å². The van der Waals surface area contributed by atoms with Crippen LogP contribution in [0.25, 0.3) is 10.9 Å². The summed E-state index contributed by atoms with van der Waals surface area (Å²) in [6.45, 7) is 3.82. The average Bonchev–Trinajstić information content (AvgIpc) is 2.46. The summed E-state index contributed by atoms with van der Waals surface area (Å²) >= 11 is 0. The van der Waals surface area contributed by atoms with E-state index in [4.69, 9.17) is 0 Å². The van der Waals surface area contributed by atoms with Crippen LogP contribution in [0.3, 0.4) is 0 Å². The van der Waals surface area contributed by atoms with Crippen molar-refractivity contribution in [3.05, 3.63) is 46.2 Å². The summed E-state index contributed by atoms with van der Waals surface area (Å²) < 4.78 is 0. The first-order chi connectivity index (χ1) is 9.89. The summed E-state index contributed by atoms with van der Waals surface area (Å²) in [7, 11) is 0. The molecule has 5 heteroatoms. The van der Waals surface area contributed by atoms with Crippen molar-refractivity contribution in [3.8, 4) is 0 Å². The van der Waals surface area contributed by atoms with Gasteiger partial charge in [0.05, 0.1) is 6.10 Å². The number of carbonyl (C=O) groups excluding carboxylic acids is 1. The van der Waals surface area contributed by atoms with E-state index in [2.05, 4.69) is 10.3 Å². The maximum absolute atomic E-state index is 12.3. The van der Waals surface area contributed by atoms with E-state index in [1.54, 1.807) is 18.2 Å². The number of carbonyl (C=O) groups is 1. The first-order valence-corrected chi connectivity index (χ1v) is 7.00. The van der Waals surface area contributed by atoms with E-state index < -0.39 is 6.10 Å². The molecule has 0 saturated heterocycles. The first kappa shape index (κ1) is 13.8. The van der Waals surface area contributed by atoms with E-state index >= 15 is 0 Å². The topological polar surface area (TPSA) is 82.2 Å². The van der Waals surface area contributed by atoms with Crippen LogP contribution < -0.4 is 10.7 Å². The zero-order chi connectivity index (χ0) is 15.2. The van der Waals surface area contributed by atoms with Crippen LogP contribution in [0.1, 0.15) is 30.8 Å². The molecule has 1 aromatic carbocycles. The number of hydrogen-bond acceptors (Lipinski definition) is 3. The summed E-state index contributed by atoms with van der Waals surface area (Å²) in [5.74, 6) is -0.317. The lowest BCUT2D eigenvalue weighted by Gasteiger charge is -2.49. The van der Waals surface area contributed by atoms with Gasteiger partial charge in [0.1, 0.15) is 5.69 Å². The van der Waals surface area contributed by atoms with Gasteiger partial charge in [0.15, 0.2) is 5.43 Å². The van der Waals surface area contributed by atoms with Gasteiger partial charge in [0, 0.05) is 28.4 Å². The van der Waals surface area contributed by atoms with Crippen molar-refractivity contribution in [2.45, 2.75) is 32.4 Å². The molecule has 0 spiro atoms. The molecule has 1 saturated carbocycles. The van der Waals surface area contributed by atoms with E-state index in [-0.39, 0.29) is 28.5 Å². The normalized spacial score (nSPS) is 23.6. The summed E-state index contributed by atoms with van der Waals surface area (Å²) in [5.41, 5.74) is 0.369. The molecule has 1 fully saturated rings. The molecule has 21 heavy (non-hydrogen) atoms. The van der Waals surface area contributed by atoms with E-state index in [9.17, 15) is 14.7 Å². The zero-order valence-electron chi connectivity index (χ0n) is 12.0. The first-order valence-electron chi connectivity index (χ1n) is 7.00. The maximum atomic E-state index is 12.3. The molecular weight excluding hydrogens is 268 g/mol. The van der Waals surface area contributed by atoms with Gasteiger partial charge in [-0.15, -0.1) is 0 Å². The van der Waals surface area contributed by atoms with Gasteiger partial charge in [-0.2, -0.15) is 0 Å². The second kappa shape index (κ2) is 4.70. The van der Waals surface area contributed by atoms with Gasteiger partial charge < -0.3 is 15.4 Å². The molecule has 1 heterocycles. The van der Waals surface area contributed by atoms with Gasteiger partial charge in [0.25, 0.3) is 5.91 Å². The molecule has 110 valence electrons. The Morgan fingerprint density at radius 3 is 2.76 bits per heavy atom. The highest BCUT2D eigenvalue weighted by Gasteiger charge is 2.48. The molecule has 1 aliphatic rings. The molecule has 1 aromatic heterocycles. The SMILES string of the molecule is CC1(C)C(O)CC1NC(=O)c1cc(=O)c2ccccc2[nH]1. The fourth-order valence-corrected chi connectivity index (χ4v) is 2.70. The monoisotopic (exact) mass is 286 g/mol. The van der Waals surface area contributed by atoms with Gasteiger partial charge in [-0.05, 0) is 18.6 Å². The number of amides is 1. The van der Waals surface area contributed by atoms with Crippen LogP contribution in [0.5, 0.6) is 0 Å². The van der Waals surface area contributed by atoms with Crippen molar-refractivity contribution in [2.24, 2.45) is 5.41 Å². The standard InChI is InChI=1S/C16H18N2O3/c1-16(2)13(8-14(16)20)18-15(21)11-7-12(19)9-5-3-4-6-10(9)17-11/h3-7,13-14,20H,8H2,1-2H3,(H,17,19)(H,18,21). The predicted molar refractivity (Wildman–Crippen MR) is 80.2 cm³/mol. The van der Waals surface area contributed by atoms with Gasteiger partial charge in [-0.1, -0.05) is 26.0 Å². The molecule has 2 unspecified atom stereocenters. The number of nitrogens with one attached hydrogen (secondary N) is 2. The maximum Gasteiger partial charge on any atom is 0.268 e. The number of aliphatic hydroxyl groups is 1. The van der Waals surface area contributed by atoms with Gasteiger partial charge in [0.2, 0.25) is 0 Å². The van der Waals surface area contributed by atoms with E-state index in [1.165, 1.54) is 6.07 Å². The Balaban J connectivity index is 1.87. The second-order valence-corrected chi connectivity index (χ2v) is 6.19. The minimum absolute atomic E-state index is 0.0880. The minimum atomic E-state index is -0.404. The van der Waals surface area contributed by atoms with Crippen molar-refractivity contribution in [2.75, 3.05) is 0 Å². The highest BCUT2D eigenvalue weighted by atomic mass is 16.3. The molecule has 0 aliphatic heterocycles. The number of aromatic amines is 1. The van der Waals surface area contributed by atoms with Gasteiger partial charge in [-0.25, -0.2) is 0 Å². The summed E-state index contributed by atoms with van der Waals surface area (Å²) in [4.78, 5) is 27.3. The largest absolute Gasteiger partial charge is 0.392 e. The molecule has 1 amide bonds. The Kier molecular flexibility index (Phi) is 3.10. The number of aliphatic hydroxyl groups excluding tert-OH is 1. The third-order valence-electron chi connectivity index (χ3n) is 4.50. The Bertz CT molecular complexity index is 763. The van der Waals surface area contributed by atoms with Crippen molar-refractivity contribution in [1.82, 2.24) is 10.3 Å². The van der Waals surface area contributed by atoms with Crippen LogP contribution in [0, 0.1) is 5.41 Å². The molecule has 3 N–H and O–H groups in total. The van der Waals surface area contributed by atoms with Gasteiger partial charge in [-0.3, -0.25) is 9.59 Å². The highest BCUT2D eigenvalue weighted by Crippen LogP contribution is 2.40. The van der Waals surface area contributed by atoms with Crippen LogP contribution in [0.15, 0.2) is 35.1 Å². The van der Waals surface area contributed by atoms with E-state index in [1.807, 2.05) is 19.9 Å². The van der Waals surface area contributed by atoms with Crippen LogP contribution in [0.4, 0.5) is 0 Å². The predicted octanol–water partition coefficient (Wildman–Crippen LogP) is 1.42. The molecular formula is C16H18N2O3. The fraction of sp³-hybridized carbons (Fsp3) is 0.375. The van der Waals surface area contributed by atoms with Gasteiger partial charge >= 0.3 is 0 Å². The number of fused-ring (bicyclic) bond motifs is 1. The number of benzene rings is 1. The summed E-state index contributed by atoms with van der Waals surface area (Å²) in [6.07, 6.45) is 0.134. The zero-order valence-corrected chi connectivity index (χ0v) is 12.0. The summed E-state index contributed by atoms with van der Waals surface area (Å²) in [6, 6.07) is 8.32. The Labute approximate surface area is 122 Å². The molecule has 5 nitrogen and oxygen atoms in total. The van der Waals surface area contributed by atoms with E-state index in [0.717, 1.165) is 0 Å². The molecule has 0 radical (unpaired) electrons. The Morgan fingerprint density at radius 1 is 1.38 bits per heavy atom. The quantitative estimate of drug-likeness (QED) is 0.781. The van der Waals surface area contributed by atoms with Crippen LogP contribution >= 0.6 is 0 Å². The van der Waals surface area contributed by atoms with Crippen LogP contribution in [0.2, 0.25) is 0 Å². The lowest BCUT2D eigenvalue weighted by atomic mass is 9.64. The van der Waals surface area contributed by atoms with Crippen molar-refractivity contribution < 1.29 is 9.90 Å². The number of para-hydroxylation sites is 1. The third kappa shape index (κ3) is 2.23. The fourth-order valence-electron chi connectivity index (χ4n) is 2.70. The lowest BCUT2D eigenvalue weighted by molar-refractivity contribution is -0.0690. The summed E-state index contributed by atoms with van der Waals surface area (Å²) in [5, 5.41) is 13.1.